The summed E-state index contributed by atoms with van der Waals surface area (Å²) in [5, 5.41) is 3.52. The van der Waals surface area contributed by atoms with Crippen LogP contribution in [0, 0.1) is 5.92 Å². The van der Waals surface area contributed by atoms with E-state index >= 15 is 0 Å². The van der Waals surface area contributed by atoms with Crippen molar-refractivity contribution in [2.45, 2.75) is 40.0 Å². The highest BCUT2D eigenvalue weighted by Crippen LogP contribution is 2.11. The second-order valence-corrected chi connectivity index (χ2v) is 3.71. The quantitative estimate of drug-likeness (QED) is 0.257. The molecule has 0 aliphatic heterocycles. The Labute approximate surface area is 80.5 Å². The van der Waals surface area contributed by atoms with Gasteiger partial charge in [-0.05, 0) is 44.6 Å². The van der Waals surface area contributed by atoms with Gasteiger partial charge < -0.3 is 0 Å². The van der Waals surface area contributed by atoms with E-state index in [2.05, 4.69) is 36.9 Å². The Kier molecular flexibility index (Phi) is 7.12. The third kappa shape index (κ3) is 8.96. The van der Waals surface area contributed by atoms with Crippen molar-refractivity contribution in [3.05, 3.63) is 22.1 Å². The molecule has 1 unspecified atom stereocenters. The Morgan fingerprint density at radius 1 is 1.46 bits per heavy atom. The molecule has 74 valence electrons. The van der Waals surface area contributed by atoms with Crippen molar-refractivity contribution in [1.29, 1.82) is 0 Å². The first-order valence-corrected chi connectivity index (χ1v) is 4.81. The Balaban J connectivity index is 3.45. The summed E-state index contributed by atoms with van der Waals surface area (Å²) in [5.41, 5.74) is 9.45. The first-order chi connectivity index (χ1) is 6.16. The SMILES string of the molecule is CC(C)=CCCC(C)CCN=[N+]=[N-]. The lowest BCUT2D eigenvalue weighted by molar-refractivity contribution is 0.503. The summed E-state index contributed by atoms with van der Waals surface area (Å²) < 4.78 is 0. The molecule has 3 heteroatoms. The zero-order valence-corrected chi connectivity index (χ0v) is 8.82. The first kappa shape index (κ1) is 12.0. The number of azide groups is 1. The van der Waals surface area contributed by atoms with Gasteiger partial charge in [-0.3, -0.25) is 0 Å². The number of allylic oxidation sites excluding steroid dienone is 2. The molecular formula is C10H19N3. The first-order valence-electron chi connectivity index (χ1n) is 4.81. The number of rotatable bonds is 6. The summed E-state index contributed by atoms with van der Waals surface area (Å²) in [6, 6.07) is 0. The van der Waals surface area contributed by atoms with Crippen LogP contribution in [0.4, 0.5) is 0 Å². The fourth-order valence-electron chi connectivity index (χ4n) is 1.12. The van der Waals surface area contributed by atoms with E-state index in [4.69, 9.17) is 5.53 Å². The predicted octanol–water partition coefficient (Wildman–Crippen LogP) is 4.07. The summed E-state index contributed by atoms with van der Waals surface area (Å²) >= 11 is 0. The van der Waals surface area contributed by atoms with E-state index in [-0.39, 0.29) is 0 Å². The van der Waals surface area contributed by atoms with Crippen LogP contribution in [0.1, 0.15) is 40.0 Å². The topological polar surface area (TPSA) is 48.8 Å². The van der Waals surface area contributed by atoms with E-state index in [0.717, 1.165) is 12.8 Å². The number of hydrogen-bond donors (Lipinski definition) is 0. The van der Waals surface area contributed by atoms with Gasteiger partial charge in [-0.25, -0.2) is 0 Å². The van der Waals surface area contributed by atoms with Crippen LogP contribution in [0.5, 0.6) is 0 Å². The Bertz CT molecular complexity index is 198. The molecule has 1 atom stereocenters. The van der Waals surface area contributed by atoms with Gasteiger partial charge >= 0.3 is 0 Å². The van der Waals surface area contributed by atoms with Crippen LogP contribution in [0.3, 0.4) is 0 Å². The second-order valence-electron chi connectivity index (χ2n) is 3.71. The highest BCUT2D eigenvalue weighted by atomic mass is 15.1. The molecule has 0 saturated carbocycles. The zero-order valence-electron chi connectivity index (χ0n) is 8.82. The standard InChI is InChI=1S/C10H19N3/c1-9(2)5-4-6-10(3)7-8-12-13-11/h5,10H,4,6-8H2,1-3H3. The normalized spacial score (nSPS) is 11.6. The molecule has 13 heavy (non-hydrogen) atoms. The van der Waals surface area contributed by atoms with E-state index in [0.29, 0.717) is 12.5 Å². The molecule has 0 fully saturated rings. The maximum atomic E-state index is 8.08. The lowest BCUT2D eigenvalue weighted by atomic mass is 10.0. The van der Waals surface area contributed by atoms with Crippen LogP contribution >= 0.6 is 0 Å². The molecular weight excluding hydrogens is 162 g/mol. The molecule has 0 aromatic carbocycles. The molecule has 0 bridgehead atoms. The second kappa shape index (κ2) is 7.69. The van der Waals surface area contributed by atoms with Gasteiger partial charge in [0.25, 0.3) is 0 Å². The average Bonchev–Trinajstić information content (AvgIpc) is 2.04. The van der Waals surface area contributed by atoms with Gasteiger partial charge in [0.1, 0.15) is 0 Å². The number of hydrogen-bond acceptors (Lipinski definition) is 1. The molecule has 0 N–H and O–H groups in total. The van der Waals surface area contributed by atoms with Gasteiger partial charge in [0.2, 0.25) is 0 Å². The minimum Gasteiger partial charge on any atom is -0.0940 e. The van der Waals surface area contributed by atoms with Crippen molar-refractivity contribution in [3.63, 3.8) is 0 Å². The molecule has 0 radical (unpaired) electrons. The van der Waals surface area contributed by atoms with E-state index in [1.165, 1.54) is 12.0 Å². The van der Waals surface area contributed by atoms with E-state index < -0.39 is 0 Å². The third-order valence-corrected chi connectivity index (χ3v) is 2.00. The molecule has 0 spiro atoms. The van der Waals surface area contributed by atoms with Crippen LogP contribution in [-0.2, 0) is 0 Å². The fourth-order valence-corrected chi connectivity index (χ4v) is 1.12. The summed E-state index contributed by atoms with van der Waals surface area (Å²) in [4.78, 5) is 2.73. The molecule has 0 aromatic rings. The van der Waals surface area contributed by atoms with E-state index in [1.807, 2.05) is 0 Å². The van der Waals surface area contributed by atoms with Crippen LogP contribution < -0.4 is 0 Å². The molecule has 0 rings (SSSR count). The lowest BCUT2D eigenvalue weighted by Crippen LogP contribution is -1.95. The maximum Gasteiger partial charge on any atom is 0.0260 e. The Morgan fingerprint density at radius 2 is 2.15 bits per heavy atom. The van der Waals surface area contributed by atoms with E-state index in [9.17, 15) is 0 Å². The largest absolute Gasteiger partial charge is 0.0940 e. The molecule has 0 aliphatic rings. The summed E-state index contributed by atoms with van der Waals surface area (Å²) in [7, 11) is 0. The lowest BCUT2D eigenvalue weighted by Gasteiger charge is -2.06. The predicted molar refractivity (Wildman–Crippen MR) is 56.5 cm³/mol. The molecule has 0 heterocycles. The molecule has 3 nitrogen and oxygen atoms in total. The van der Waals surface area contributed by atoms with Crippen molar-refractivity contribution in [2.24, 2.45) is 11.0 Å². The van der Waals surface area contributed by atoms with Crippen molar-refractivity contribution in [1.82, 2.24) is 0 Å². The smallest absolute Gasteiger partial charge is 0.0260 e. The summed E-state index contributed by atoms with van der Waals surface area (Å²) in [6.07, 6.45) is 5.58. The van der Waals surface area contributed by atoms with Crippen molar-refractivity contribution in [3.8, 4) is 0 Å². The van der Waals surface area contributed by atoms with Gasteiger partial charge in [-0.1, -0.05) is 23.7 Å². The minimum absolute atomic E-state index is 0.631. The van der Waals surface area contributed by atoms with Gasteiger partial charge in [0, 0.05) is 11.5 Å². The number of nitrogens with zero attached hydrogens (tertiary/aromatic N) is 3. The van der Waals surface area contributed by atoms with Crippen molar-refractivity contribution in [2.75, 3.05) is 6.54 Å². The molecule has 0 saturated heterocycles. The van der Waals surface area contributed by atoms with Crippen molar-refractivity contribution >= 4 is 0 Å². The highest BCUT2D eigenvalue weighted by Gasteiger charge is 1.98. The van der Waals surface area contributed by atoms with Gasteiger partial charge in [0.05, 0.1) is 0 Å². The molecule has 0 aromatic heterocycles. The van der Waals surface area contributed by atoms with Gasteiger partial charge in [0.15, 0.2) is 0 Å². The van der Waals surface area contributed by atoms with Crippen LogP contribution in [0.25, 0.3) is 10.4 Å². The van der Waals surface area contributed by atoms with Crippen LogP contribution in [0.2, 0.25) is 0 Å². The maximum absolute atomic E-state index is 8.08. The average molecular weight is 181 g/mol. The summed E-state index contributed by atoms with van der Waals surface area (Å²) in [6.45, 7) is 7.06. The van der Waals surface area contributed by atoms with Gasteiger partial charge in [-0.2, -0.15) is 0 Å². The molecule has 0 aliphatic carbocycles. The minimum atomic E-state index is 0.631. The Hall–Kier alpha value is -0.950. The third-order valence-electron chi connectivity index (χ3n) is 2.00. The van der Waals surface area contributed by atoms with Crippen LogP contribution in [0.15, 0.2) is 16.8 Å². The summed E-state index contributed by atoms with van der Waals surface area (Å²) in [5.74, 6) is 0.654. The van der Waals surface area contributed by atoms with Crippen LogP contribution in [-0.4, -0.2) is 6.54 Å². The Morgan fingerprint density at radius 3 is 2.69 bits per heavy atom. The van der Waals surface area contributed by atoms with Gasteiger partial charge in [-0.15, -0.1) is 0 Å². The highest BCUT2D eigenvalue weighted by molar-refractivity contribution is 4.92. The fraction of sp³-hybridized carbons (Fsp3) is 0.800. The van der Waals surface area contributed by atoms with Crippen molar-refractivity contribution < 1.29 is 0 Å². The zero-order chi connectivity index (χ0) is 10.1. The van der Waals surface area contributed by atoms with E-state index in [1.54, 1.807) is 0 Å². The monoisotopic (exact) mass is 181 g/mol. The molecule has 0 amide bonds.